The average Bonchev–Trinajstić information content (AvgIpc) is 2.84. The number of benzene rings is 3. The topological polar surface area (TPSA) is 51.2 Å². The summed E-state index contributed by atoms with van der Waals surface area (Å²) >= 11 is 0. The van der Waals surface area contributed by atoms with Crippen molar-refractivity contribution in [3.8, 4) is 5.75 Å². The second kappa shape index (κ2) is 8.39. The molecular formula is C27H26N2O4. The first-order chi connectivity index (χ1) is 16.0. The van der Waals surface area contributed by atoms with Crippen molar-refractivity contribution in [1.82, 2.24) is 10.1 Å². The molecule has 0 bridgehead atoms. The number of carbonyl (C=O) groups excluding carboxylic acids is 1. The zero-order valence-corrected chi connectivity index (χ0v) is 18.9. The molecular weight excluding hydrogens is 416 g/mol. The van der Waals surface area contributed by atoms with Crippen molar-refractivity contribution in [3.05, 3.63) is 101 Å². The number of hydroxylamine groups is 4. The number of methoxy groups -OCH3 is 1. The van der Waals surface area contributed by atoms with E-state index >= 15 is 0 Å². The van der Waals surface area contributed by atoms with E-state index in [1.165, 1.54) is 5.06 Å². The van der Waals surface area contributed by atoms with Crippen molar-refractivity contribution in [2.24, 2.45) is 0 Å². The molecule has 0 spiro atoms. The first-order valence-corrected chi connectivity index (χ1v) is 10.9. The molecule has 1 saturated heterocycles. The number of carbonyl (C=O) groups is 1. The summed E-state index contributed by atoms with van der Waals surface area (Å²) in [6.07, 6.45) is 1.52. The Hall–Kier alpha value is -3.61. The molecule has 0 radical (unpaired) electrons. The smallest absolute Gasteiger partial charge is 0.282 e. The first kappa shape index (κ1) is 21.2. The molecule has 6 heteroatoms. The summed E-state index contributed by atoms with van der Waals surface area (Å²) in [4.78, 5) is 26.0. The fourth-order valence-corrected chi connectivity index (χ4v) is 4.15. The van der Waals surface area contributed by atoms with Gasteiger partial charge in [-0.05, 0) is 55.3 Å². The van der Waals surface area contributed by atoms with Crippen molar-refractivity contribution in [2.75, 3.05) is 7.11 Å². The van der Waals surface area contributed by atoms with Gasteiger partial charge in [0.1, 0.15) is 12.4 Å². The highest BCUT2D eigenvalue weighted by atomic mass is 16.8. The van der Waals surface area contributed by atoms with Crippen molar-refractivity contribution in [3.63, 3.8) is 0 Å². The van der Waals surface area contributed by atoms with Gasteiger partial charge in [0.25, 0.3) is 5.91 Å². The fourth-order valence-electron chi connectivity index (χ4n) is 4.15. The third-order valence-corrected chi connectivity index (χ3v) is 5.89. The summed E-state index contributed by atoms with van der Waals surface area (Å²) in [5.41, 5.74) is 3.61. The van der Waals surface area contributed by atoms with Crippen LogP contribution in [0.2, 0.25) is 0 Å². The van der Waals surface area contributed by atoms with Gasteiger partial charge in [0.2, 0.25) is 0 Å². The lowest BCUT2D eigenvalue weighted by Gasteiger charge is -2.50. The molecule has 33 heavy (non-hydrogen) atoms. The van der Waals surface area contributed by atoms with Gasteiger partial charge in [-0.1, -0.05) is 54.6 Å². The van der Waals surface area contributed by atoms with Gasteiger partial charge in [-0.2, -0.15) is 5.06 Å². The Balaban J connectivity index is 1.58. The van der Waals surface area contributed by atoms with Crippen LogP contribution in [-0.2, 0) is 21.1 Å². The summed E-state index contributed by atoms with van der Waals surface area (Å²) in [7, 11) is 1.64. The lowest BCUT2D eigenvalue weighted by Crippen LogP contribution is -2.60. The quantitative estimate of drug-likeness (QED) is 0.544. The third kappa shape index (κ3) is 3.88. The highest BCUT2D eigenvalue weighted by molar-refractivity contribution is 5.88. The molecule has 5 rings (SSSR count). The maximum absolute atomic E-state index is 13.5. The molecule has 0 saturated carbocycles. The highest BCUT2D eigenvalue weighted by Gasteiger charge is 2.51. The van der Waals surface area contributed by atoms with E-state index in [0.717, 1.165) is 33.7 Å². The predicted molar refractivity (Wildman–Crippen MR) is 125 cm³/mol. The summed E-state index contributed by atoms with van der Waals surface area (Å²) < 4.78 is 5.32. The number of fused-ring (bicyclic) bond motifs is 3. The minimum atomic E-state index is -1.11. The molecule has 6 nitrogen and oxygen atoms in total. The van der Waals surface area contributed by atoms with Crippen molar-refractivity contribution < 1.29 is 19.2 Å². The van der Waals surface area contributed by atoms with Gasteiger partial charge in [0, 0.05) is 11.1 Å². The molecule has 0 aromatic heterocycles. The van der Waals surface area contributed by atoms with Crippen LogP contribution in [0.1, 0.15) is 42.3 Å². The molecule has 3 aromatic rings. The number of amides is 1. The molecule has 168 valence electrons. The van der Waals surface area contributed by atoms with Gasteiger partial charge in [0.05, 0.1) is 12.8 Å². The van der Waals surface area contributed by atoms with E-state index in [9.17, 15) is 4.79 Å². The van der Waals surface area contributed by atoms with E-state index in [4.69, 9.17) is 14.4 Å². The molecule has 0 N–H and O–H groups in total. The Morgan fingerprint density at radius 3 is 2.36 bits per heavy atom. The van der Waals surface area contributed by atoms with Crippen molar-refractivity contribution in [1.29, 1.82) is 0 Å². The van der Waals surface area contributed by atoms with Gasteiger partial charge in [-0.15, -0.1) is 0 Å². The van der Waals surface area contributed by atoms with Crippen LogP contribution in [0.25, 0.3) is 11.8 Å². The van der Waals surface area contributed by atoms with Gasteiger partial charge in [-0.3, -0.25) is 14.5 Å². The molecule has 1 amide bonds. The van der Waals surface area contributed by atoms with Crippen LogP contribution in [0.5, 0.6) is 5.75 Å². The average molecular weight is 443 g/mol. The van der Waals surface area contributed by atoms with Gasteiger partial charge >= 0.3 is 0 Å². The number of rotatable bonds is 5. The molecule has 3 aromatic carbocycles. The standard InChI is InChI=1S/C27H26N2O4/c1-27(2)26(30)29(32-18-19-9-5-4-6-10-19)25-23-12-8-7-11-21(23)17-24(28(25)33-27)20-13-15-22(31-3)16-14-20/h4-17,25H,18H2,1-3H3. The van der Waals surface area contributed by atoms with E-state index in [1.54, 1.807) is 26.0 Å². The van der Waals surface area contributed by atoms with E-state index in [1.807, 2.05) is 78.9 Å². The number of nitrogens with zero attached hydrogens (tertiary/aromatic N) is 2. The van der Waals surface area contributed by atoms with E-state index < -0.39 is 11.8 Å². The Kier molecular flexibility index (Phi) is 5.40. The van der Waals surface area contributed by atoms with E-state index in [0.29, 0.717) is 0 Å². The second-order valence-corrected chi connectivity index (χ2v) is 8.58. The monoisotopic (exact) mass is 442 g/mol. The van der Waals surface area contributed by atoms with Crippen LogP contribution < -0.4 is 4.74 Å². The summed E-state index contributed by atoms with van der Waals surface area (Å²) in [5.74, 6) is 0.542. The maximum Gasteiger partial charge on any atom is 0.282 e. The van der Waals surface area contributed by atoms with Crippen LogP contribution in [0.4, 0.5) is 0 Å². The SMILES string of the molecule is COc1ccc(C2=Cc3ccccc3C3N(OCc4ccccc4)C(=O)C(C)(C)ON23)cc1. The van der Waals surface area contributed by atoms with Crippen molar-refractivity contribution in [2.45, 2.75) is 32.2 Å². The summed E-state index contributed by atoms with van der Waals surface area (Å²) in [5, 5.41) is 3.25. The lowest BCUT2D eigenvalue weighted by molar-refractivity contribution is -0.337. The maximum atomic E-state index is 13.5. The van der Waals surface area contributed by atoms with E-state index in [-0.39, 0.29) is 12.5 Å². The first-order valence-electron chi connectivity index (χ1n) is 10.9. The van der Waals surface area contributed by atoms with Crippen molar-refractivity contribution >= 4 is 17.7 Å². The zero-order valence-electron chi connectivity index (χ0n) is 18.9. The van der Waals surface area contributed by atoms with Gasteiger partial charge < -0.3 is 4.74 Å². The molecule has 0 aliphatic carbocycles. The largest absolute Gasteiger partial charge is 0.497 e. The highest BCUT2D eigenvalue weighted by Crippen LogP contribution is 2.46. The molecule has 2 aliphatic heterocycles. The van der Waals surface area contributed by atoms with Crippen LogP contribution in [-0.4, -0.2) is 28.7 Å². The minimum Gasteiger partial charge on any atom is -0.497 e. The van der Waals surface area contributed by atoms with Crippen LogP contribution in [0.15, 0.2) is 78.9 Å². The fraction of sp³-hybridized carbons (Fsp3) is 0.222. The Labute approximate surface area is 193 Å². The lowest BCUT2D eigenvalue weighted by atomic mass is 9.95. The summed E-state index contributed by atoms with van der Waals surface area (Å²) in [6, 6.07) is 25.6. The second-order valence-electron chi connectivity index (χ2n) is 8.58. The normalized spacial score (nSPS) is 18.9. The third-order valence-electron chi connectivity index (χ3n) is 5.89. The number of hydrogen-bond donors (Lipinski definition) is 0. The van der Waals surface area contributed by atoms with Gasteiger partial charge in [-0.25, -0.2) is 5.06 Å². The predicted octanol–water partition coefficient (Wildman–Crippen LogP) is 5.19. The van der Waals surface area contributed by atoms with Crippen LogP contribution in [0.3, 0.4) is 0 Å². The molecule has 1 fully saturated rings. The molecule has 2 heterocycles. The van der Waals surface area contributed by atoms with E-state index in [2.05, 4.69) is 6.08 Å². The number of ether oxygens (including phenoxy) is 1. The Bertz CT molecular complexity index is 1190. The van der Waals surface area contributed by atoms with Crippen LogP contribution in [0, 0.1) is 0 Å². The Morgan fingerprint density at radius 1 is 0.939 bits per heavy atom. The molecule has 2 aliphatic rings. The Morgan fingerprint density at radius 2 is 1.64 bits per heavy atom. The number of hydrogen-bond acceptors (Lipinski definition) is 5. The minimum absolute atomic E-state index is 0.231. The zero-order chi connectivity index (χ0) is 23.0. The van der Waals surface area contributed by atoms with Gasteiger partial charge in [0.15, 0.2) is 11.8 Å². The summed E-state index contributed by atoms with van der Waals surface area (Å²) in [6.45, 7) is 3.80. The van der Waals surface area contributed by atoms with Crippen LogP contribution >= 0.6 is 0 Å². The molecule has 1 atom stereocenters. The molecule has 1 unspecified atom stereocenters.